The fourth-order valence-electron chi connectivity index (χ4n) is 2.47. The van der Waals surface area contributed by atoms with Gasteiger partial charge >= 0.3 is 0 Å². The van der Waals surface area contributed by atoms with Crippen LogP contribution >= 0.6 is 0 Å². The van der Waals surface area contributed by atoms with E-state index in [9.17, 15) is 15.0 Å². The van der Waals surface area contributed by atoms with Gasteiger partial charge in [-0.05, 0) is 30.5 Å². The first-order valence-corrected chi connectivity index (χ1v) is 6.50. The molecule has 1 amide bonds. The molecule has 1 fully saturated rings. The molecule has 112 valence electrons. The summed E-state index contributed by atoms with van der Waals surface area (Å²) in [6.45, 7) is 0.417. The second kappa shape index (κ2) is 6.34. The Morgan fingerprint density at radius 3 is 3.00 bits per heavy atom. The van der Waals surface area contributed by atoms with Gasteiger partial charge in [-0.25, -0.2) is 0 Å². The number of aliphatic hydroxyl groups excluding tert-OH is 1. The molecule has 1 heterocycles. The molecular weight excluding hydrogens is 276 g/mol. The van der Waals surface area contributed by atoms with Crippen LogP contribution in [0.25, 0.3) is 10.4 Å². The highest BCUT2D eigenvalue weighted by atomic mass is 16.5. The molecule has 2 N–H and O–H groups in total. The summed E-state index contributed by atoms with van der Waals surface area (Å²) in [5, 5.41) is 22.5. The molecule has 0 aromatic heterocycles. The number of aliphatic hydroxyl groups is 1. The molecule has 0 radical (unpaired) electrons. The Morgan fingerprint density at radius 2 is 2.38 bits per heavy atom. The zero-order valence-electron chi connectivity index (χ0n) is 11.6. The lowest BCUT2D eigenvalue weighted by atomic mass is 10.1. The van der Waals surface area contributed by atoms with Crippen LogP contribution < -0.4 is 4.74 Å². The molecule has 1 aliphatic heterocycles. The van der Waals surface area contributed by atoms with Gasteiger partial charge in [0.25, 0.3) is 5.91 Å². The van der Waals surface area contributed by atoms with Crippen molar-refractivity contribution >= 4 is 11.6 Å². The average molecular weight is 292 g/mol. The van der Waals surface area contributed by atoms with E-state index in [1.54, 1.807) is 4.90 Å². The second-order valence-corrected chi connectivity index (χ2v) is 4.71. The lowest BCUT2D eigenvalue weighted by Gasteiger charge is -2.24. The molecule has 1 atom stereocenters. The van der Waals surface area contributed by atoms with E-state index in [0.717, 1.165) is 12.8 Å². The van der Waals surface area contributed by atoms with Crippen LogP contribution in [0.3, 0.4) is 0 Å². The minimum Gasteiger partial charge on any atom is -0.504 e. The van der Waals surface area contributed by atoms with Gasteiger partial charge in [-0.15, -0.1) is 0 Å². The molecular formula is C13H16N4O4. The fourth-order valence-corrected chi connectivity index (χ4v) is 2.47. The van der Waals surface area contributed by atoms with Gasteiger partial charge in [0, 0.05) is 11.5 Å². The van der Waals surface area contributed by atoms with Crippen LogP contribution in [0, 0.1) is 0 Å². The summed E-state index contributed by atoms with van der Waals surface area (Å²) >= 11 is 0. The number of carbonyl (C=O) groups is 1. The van der Waals surface area contributed by atoms with Crippen molar-refractivity contribution in [3.8, 4) is 11.5 Å². The molecule has 0 aliphatic carbocycles. The largest absolute Gasteiger partial charge is 0.504 e. The van der Waals surface area contributed by atoms with Crippen molar-refractivity contribution in [3.63, 3.8) is 0 Å². The van der Waals surface area contributed by atoms with Crippen molar-refractivity contribution in [2.45, 2.75) is 18.9 Å². The lowest BCUT2D eigenvalue weighted by molar-refractivity contribution is 0.0678. The van der Waals surface area contributed by atoms with Crippen molar-refractivity contribution in [3.05, 3.63) is 28.1 Å². The Morgan fingerprint density at radius 1 is 1.62 bits per heavy atom. The maximum atomic E-state index is 12.6. The van der Waals surface area contributed by atoms with Gasteiger partial charge in [0.05, 0.1) is 31.0 Å². The topological polar surface area (TPSA) is 119 Å². The zero-order chi connectivity index (χ0) is 15.4. The smallest absolute Gasteiger partial charge is 0.254 e. The Bertz CT molecular complexity index is 598. The van der Waals surface area contributed by atoms with Crippen LogP contribution in [-0.4, -0.2) is 47.3 Å². The molecule has 21 heavy (non-hydrogen) atoms. The van der Waals surface area contributed by atoms with E-state index >= 15 is 0 Å². The number of phenols is 1. The Balaban J connectivity index is 2.45. The summed E-state index contributed by atoms with van der Waals surface area (Å²) in [6.07, 6.45) is 1.54. The normalized spacial score (nSPS) is 17.4. The summed E-state index contributed by atoms with van der Waals surface area (Å²) < 4.78 is 4.98. The predicted octanol–water partition coefficient (Wildman–Crippen LogP) is 1.94. The van der Waals surface area contributed by atoms with Crippen LogP contribution in [0.2, 0.25) is 0 Å². The lowest BCUT2D eigenvalue weighted by Crippen LogP contribution is -2.37. The number of rotatable bonds is 4. The number of phenolic OH excluding ortho intramolecular Hbond substituents is 1. The van der Waals surface area contributed by atoms with Crippen molar-refractivity contribution in [2.75, 3.05) is 20.3 Å². The van der Waals surface area contributed by atoms with E-state index in [2.05, 4.69) is 10.0 Å². The molecule has 0 bridgehead atoms. The Labute approximate surface area is 121 Å². The van der Waals surface area contributed by atoms with Gasteiger partial charge in [0.15, 0.2) is 11.5 Å². The Kier molecular flexibility index (Phi) is 4.52. The number of azide groups is 1. The molecule has 1 aromatic carbocycles. The second-order valence-electron chi connectivity index (χ2n) is 4.71. The van der Waals surface area contributed by atoms with E-state index in [1.807, 2.05) is 0 Å². The van der Waals surface area contributed by atoms with Gasteiger partial charge in [0.2, 0.25) is 0 Å². The van der Waals surface area contributed by atoms with Crippen molar-refractivity contribution < 1.29 is 19.7 Å². The maximum Gasteiger partial charge on any atom is 0.254 e. The summed E-state index contributed by atoms with van der Waals surface area (Å²) in [7, 11) is 1.36. The van der Waals surface area contributed by atoms with E-state index in [4.69, 9.17) is 10.3 Å². The van der Waals surface area contributed by atoms with Crippen molar-refractivity contribution in [1.29, 1.82) is 0 Å². The third kappa shape index (κ3) is 2.86. The van der Waals surface area contributed by atoms with Gasteiger partial charge in [-0.2, -0.15) is 0 Å². The molecule has 1 saturated heterocycles. The first-order valence-electron chi connectivity index (χ1n) is 6.50. The fraction of sp³-hybridized carbons (Fsp3) is 0.462. The van der Waals surface area contributed by atoms with Crippen LogP contribution in [0.15, 0.2) is 17.2 Å². The number of ether oxygens (including phenoxy) is 1. The number of amides is 1. The van der Waals surface area contributed by atoms with Crippen molar-refractivity contribution in [2.24, 2.45) is 5.11 Å². The average Bonchev–Trinajstić information content (AvgIpc) is 2.95. The first-order chi connectivity index (χ1) is 10.1. The molecule has 1 aromatic rings. The molecule has 1 unspecified atom stereocenters. The minimum atomic E-state index is -0.354. The third-order valence-electron chi connectivity index (χ3n) is 3.53. The first kappa shape index (κ1) is 15.0. The summed E-state index contributed by atoms with van der Waals surface area (Å²) in [6, 6.07) is 2.29. The maximum absolute atomic E-state index is 12.6. The number of hydrogen-bond donors (Lipinski definition) is 2. The van der Waals surface area contributed by atoms with E-state index in [1.165, 1.54) is 19.2 Å². The van der Waals surface area contributed by atoms with Gasteiger partial charge < -0.3 is 19.8 Å². The Hall–Kier alpha value is -2.44. The number of carbonyl (C=O) groups excluding carboxylic acids is 1. The number of benzene rings is 1. The standard InChI is InChI=1S/C13H16N4O4/c1-21-12-5-9(10(15-16-14)6-11(12)19)13(20)17-4-2-3-8(17)7-18/h5-6,8,18-19H,2-4,7H2,1H3. The quantitative estimate of drug-likeness (QED) is 0.500. The SMILES string of the molecule is COc1cc(C(=O)N2CCCC2CO)c(N=[N+]=[N-])cc1O. The summed E-state index contributed by atoms with van der Waals surface area (Å²) in [4.78, 5) is 16.8. The number of nitrogens with zero attached hydrogens (tertiary/aromatic N) is 4. The highest BCUT2D eigenvalue weighted by Gasteiger charge is 2.30. The number of aromatic hydroxyl groups is 1. The van der Waals surface area contributed by atoms with Crippen LogP contribution in [0.5, 0.6) is 11.5 Å². The van der Waals surface area contributed by atoms with Crippen LogP contribution in [0.4, 0.5) is 5.69 Å². The van der Waals surface area contributed by atoms with Crippen LogP contribution in [0.1, 0.15) is 23.2 Å². The molecule has 1 aliphatic rings. The van der Waals surface area contributed by atoms with E-state index in [-0.39, 0.29) is 41.3 Å². The highest BCUT2D eigenvalue weighted by Crippen LogP contribution is 2.35. The zero-order valence-corrected chi connectivity index (χ0v) is 11.6. The molecule has 2 rings (SSSR count). The number of likely N-dealkylation sites (tertiary alicyclic amines) is 1. The van der Waals surface area contributed by atoms with Gasteiger partial charge in [0.1, 0.15) is 0 Å². The van der Waals surface area contributed by atoms with Crippen LogP contribution in [-0.2, 0) is 0 Å². The van der Waals surface area contributed by atoms with E-state index < -0.39 is 0 Å². The van der Waals surface area contributed by atoms with Gasteiger partial charge in [-0.1, -0.05) is 5.11 Å². The summed E-state index contributed by atoms with van der Waals surface area (Å²) in [5.41, 5.74) is 8.76. The number of methoxy groups -OCH3 is 1. The number of hydrogen-bond acceptors (Lipinski definition) is 5. The molecule has 0 saturated carbocycles. The predicted molar refractivity (Wildman–Crippen MR) is 74.6 cm³/mol. The van der Waals surface area contributed by atoms with Gasteiger partial charge in [-0.3, -0.25) is 4.79 Å². The van der Waals surface area contributed by atoms with E-state index in [0.29, 0.717) is 6.54 Å². The molecule has 0 spiro atoms. The third-order valence-corrected chi connectivity index (χ3v) is 3.53. The highest BCUT2D eigenvalue weighted by molar-refractivity contribution is 6.00. The van der Waals surface area contributed by atoms with Crippen molar-refractivity contribution in [1.82, 2.24) is 4.90 Å². The monoisotopic (exact) mass is 292 g/mol. The molecule has 8 heteroatoms. The summed E-state index contributed by atoms with van der Waals surface area (Å²) in [5.74, 6) is -0.446. The molecule has 8 nitrogen and oxygen atoms in total. The minimum absolute atomic E-state index is 0.0318.